The number of carbonyl (C=O) groups excluding carboxylic acids is 2. The lowest BCUT2D eigenvalue weighted by molar-refractivity contribution is -0.123. The maximum atomic E-state index is 11.8. The van der Waals surface area contributed by atoms with Crippen LogP contribution in [0.15, 0.2) is 0 Å². The molecule has 0 fully saturated rings. The fourth-order valence-electron chi connectivity index (χ4n) is 1.46. The molecule has 7 N–H and O–H groups in total. The Bertz CT molecular complexity index is 308. The van der Waals surface area contributed by atoms with Gasteiger partial charge in [0.2, 0.25) is 12.2 Å². The fraction of sp³-hybridized carbons (Fsp3) is 0.750. The Morgan fingerprint density at radius 2 is 2.11 bits per heavy atom. The van der Waals surface area contributed by atoms with Gasteiger partial charge in [0.15, 0.2) is 5.96 Å². The van der Waals surface area contributed by atoms with Crippen LogP contribution in [-0.2, 0) is 9.59 Å². The number of carbonyl (C=O) groups is 1. The number of hydrogen-bond acceptors (Lipinski definition) is 4. The Balaban J connectivity index is 4.04. The summed E-state index contributed by atoms with van der Waals surface area (Å²) in [5.74, 6) is -0.421. The molecule has 0 unspecified atom stereocenters. The van der Waals surface area contributed by atoms with E-state index >= 15 is 0 Å². The van der Waals surface area contributed by atoms with Gasteiger partial charge in [0.1, 0.15) is 0 Å². The van der Waals surface area contributed by atoms with Gasteiger partial charge < -0.3 is 22.1 Å². The Labute approximate surface area is 114 Å². The highest BCUT2D eigenvalue weighted by Gasteiger charge is 2.21. The highest BCUT2D eigenvalue weighted by atomic mass is 16.2. The minimum atomic E-state index is -0.673. The van der Waals surface area contributed by atoms with E-state index in [1.807, 2.05) is 20.1 Å². The Hall–Kier alpha value is -1.63. The first-order chi connectivity index (χ1) is 8.92. The van der Waals surface area contributed by atoms with E-state index < -0.39 is 12.1 Å². The Morgan fingerprint density at radius 3 is 2.58 bits per heavy atom. The van der Waals surface area contributed by atoms with Gasteiger partial charge in [-0.2, -0.15) is 0 Å². The average molecular weight is 270 g/mol. The lowest BCUT2D eigenvalue weighted by atomic mass is 10.00. The van der Waals surface area contributed by atoms with Crippen molar-refractivity contribution in [1.29, 1.82) is 5.41 Å². The van der Waals surface area contributed by atoms with E-state index in [0.29, 0.717) is 19.4 Å². The summed E-state index contributed by atoms with van der Waals surface area (Å²) in [5.41, 5.74) is 10.8. The van der Waals surface area contributed by atoms with E-state index in [2.05, 4.69) is 10.6 Å². The lowest BCUT2D eigenvalue weighted by Gasteiger charge is -2.20. The van der Waals surface area contributed by atoms with Crippen molar-refractivity contribution in [3.05, 3.63) is 0 Å². The molecule has 7 nitrogen and oxygen atoms in total. The van der Waals surface area contributed by atoms with Gasteiger partial charge in [0.05, 0.1) is 12.1 Å². The van der Waals surface area contributed by atoms with Crippen LogP contribution in [0.5, 0.6) is 0 Å². The summed E-state index contributed by atoms with van der Waals surface area (Å²) < 4.78 is 0. The van der Waals surface area contributed by atoms with Crippen molar-refractivity contribution in [1.82, 2.24) is 10.6 Å². The number of nitrogens with one attached hydrogen (secondary N) is 3. The topological polar surface area (TPSA) is 134 Å². The normalized spacial score (nSPS) is 15.1. The molecule has 0 aromatic rings. The van der Waals surface area contributed by atoms with Gasteiger partial charge >= 0.3 is 0 Å². The van der Waals surface area contributed by atoms with Crippen molar-refractivity contribution < 1.29 is 9.59 Å². The summed E-state index contributed by atoms with van der Waals surface area (Å²) in [4.78, 5) is 22.5. The zero-order valence-electron chi connectivity index (χ0n) is 11.5. The van der Waals surface area contributed by atoms with Crippen molar-refractivity contribution in [3.63, 3.8) is 0 Å². The van der Waals surface area contributed by atoms with Gasteiger partial charge in [0, 0.05) is 6.54 Å². The molecule has 7 heteroatoms. The van der Waals surface area contributed by atoms with Crippen LogP contribution in [-0.4, -0.2) is 36.8 Å². The van der Waals surface area contributed by atoms with E-state index in [9.17, 15) is 9.59 Å². The minimum absolute atomic E-state index is 0.0352. The number of rotatable bonds is 9. The number of amides is 1. The molecule has 3 atom stereocenters. The van der Waals surface area contributed by atoms with Crippen LogP contribution in [0.2, 0.25) is 0 Å². The fourth-order valence-corrected chi connectivity index (χ4v) is 1.46. The van der Waals surface area contributed by atoms with Crippen molar-refractivity contribution in [3.8, 4) is 0 Å². The van der Waals surface area contributed by atoms with Crippen LogP contribution < -0.4 is 22.1 Å². The second-order valence-corrected chi connectivity index (χ2v) is 4.58. The molecule has 0 aromatic heterocycles. The molecule has 0 saturated carbocycles. The first-order valence-electron chi connectivity index (χ1n) is 6.43. The van der Waals surface area contributed by atoms with E-state index in [1.165, 1.54) is 0 Å². The van der Waals surface area contributed by atoms with E-state index in [1.54, 1.807) is 0 Å². The predicted octanol–water partition coefficient (Wildman–Crippen LogP) is -0.782. The second kappa shape index (κ2) is 9.32. The summed E-state index contributed by atoms with van der Waals surface area (Å²) in [6.45, 7) is 4.30. The van der Waals surface area contributed by atoms with Gasteiger partial charge in [-0.25, -0.2) is 0 Å². The highest BCUT2D eigenvalue weighted by Crippen LogP contribution is 2.06. The van der Waals surface area contributed by atoms with Crippen LogP contribution in [0.3, 0.4) is 0 Å². The molecular formula is C12H24N5O2. The summed E-state index contributed by atoms with van der Waals surface area (Å²) in [6.07, 6.45) is 3.68. The van der Waals surface area contributed by atoms with Gasteiger partial charge in [-0.1, -0.05) is 20.3 Å². The predicted molar refractivity (Wildman–Crippen MR) is 74.2 cm³/mol. The monoisotopic (exact) mass is 270 g/mol. The first-order valence-corrected chi connectivity index (χ1v) is 6.43. The summed E-state index contributed by atoms with van der Waals surface area (Å²) in [6, 6.07) is -1.28. The van der Waals surface area contributed by atoms with Gasteiger partial charge in [0.25, 0.3) is 0 Å². The summed E-state index contributed by atoms with van der Waals surface area (Å²) in [5, 5.41) is 12.2. The standard InChI is InChI=1S/C12H24N5O2/c1-3-8(2)10(7-18)17-11(19)9(13)5-4-6-16-12(14)15/h8-10H,3-6,13H2,1-2H3,(H,17,19)(H4,14,15,16)/t8-,9-,10+/m0/s1. The third kappa shape index (κ3) is 7.40. The second-order valence-electron chi connectivity index (χ2n) is 4.58. The van der Waals surface area contributed by atoms with Crippen molar-refractivity contribution in [2.24, 2.45) is 17.4 Å². The van der Waals surface area contributed by atoms with Crippen molar-refractivity contribution >= 4 is 18.2 Å². The zero-order chi connectivity index (χ0) is 14.8. The Kier molecular flexibility index (Phi) is 8.52. The van der Waals surface area contributed by atoms with Gasteiger partial charge in [-0.3, -0.25) is 15.0 Å². The minimum Gasteiger partial charge on any atom is -0.370 e. The quantitative estimate of drug-likeness (QED) is 0.213. The maximum absolute atomic E-state index is 11.8. The number of nitrogens with two attached hydrogens (primary N) is 2. The van der Waals surface area contributed by atoms with E-state index in [0.717, 1.165) is 6.42 Å². The number of guanidine groups is 1. The lowest BCUT2D eigenvalue weighted by Crippen LogP contribution is -2.48. The third-order valence-corrected chi connectivity index (χ3v) is 2.98. The van der Waals surface area contributed by atoms with Gasteiger partial charge in [-0.15, -0.1) is 0 Å². The zero-order valence-corrected chi connectivity index (χ0v) is 11.5. The van der Waals surface area contributed by atoms with E-state index in [-0.39, 0.29) is 17.8 Å². The largest absolute Gasteiger partial charge is 0.370 e. The summed E-state index contributed by atoms with van der Waals surface area (Å²) in [7, 11) is 0. The molecule has 0 heterocycles. The van der Waals surface area contributed by atoms with Crippen LogP contribution in [0.4, 0.5) is 0 Å². The SMILES string of the molecule is CC[C@H](C)[C@@H]([C]=O)NC(=O)[C@@H](N)CCCNC(=N)N. The molecule has 1 amide bonds. The molecule has 0 saturated heterocycles. The first kappa shape index (κ1) is 17.4. The molecule has 1 radical (unpaired) electrons. The molecule has 0 aliphatic rings. The molecule has 0 bridgehead atoms. The Morgan fingerprint density at radius 1 is 1.47 bits per heavy atom. The van der Waals surface area contributed by atoms with Crippen LogP contribution in [0, 0.1) is 11.3 Å². The van der Waals surface area contributed by atoms with Crippen LogP contribution in [0.25, 0.3) is 0 Å². The average Bonchev–Trinajstić information content (AvgIpc) is 2.39. The van der Waals surface area contributed by atoms with Crippen LogP contribution >= 0.6 is 0 Å². The molecular weight excluding hydrogens is 246 g/mol. The molecule has 0 aliphatic carbocycles. The molecule has 0 spiro atoms. The summed E-state index contributed by atoms with van der Waals surface area (Å²) >= 11 is 0. The number of hydrogen-bond donors (Lipinski definition) is 5. The molecule has 0 aliphatic heterocycles. The highest BCUT2D eigenvalue weighted by molar-refractivity contribution is 5.84. The smallest absolute Gasteiger partial charge is 0.237 e. The van der Waals surface area contributed by atoms with E-state index in [4.69, 9.17) is 16.9 Å². The molecule has 0 aromatic carbocycles. The molecule has 109 valence electrons. The van der Waals surface area contributed by atoms with Gasteiger partial charge in [-0.05, 0) is 18.8 Å². The van der Waals surface area contributed by atoms with Crippen molar-refractivity contribution in [2.75, 3.05) is 6.54 Å². The molecule has 19 heavy (non-hydrogen) atoms. The third-order valence-electron chi connectivity index (χ3n) is 2.98. The maximum Gasteiger partial charge on any atom is 0.237 e. The van der Waals surface area contributed by atoms with Crippen LogP contribution in [0.1, 0.15) is 33.1 Å². The van der Waals surface area contributed by atoms with Crippen molar-refractivity contribution in [2.45, 2.75) is 45.2 Å². The molecule has 0 rings (SSSR count).